The minimum Gasteiger partial charge on any atom is -0.489 e. The highest BCUT2D eigenvalue weighted by molar-refractivity contribution is 6.08. The van der Waals surface area contributed by atoms with E-state index in [1.165, 1.54) is 23.2 Å². The van der Waals surface area contributed by atoms with Gasteiger partial charge < -0.3 is 20.1 Å². The predicted octanol–water partition coefficient (Wildman–Crippen LogP) is 3.97. The van der Waals surface area contributed by atoms with Crippen LogP contribution in [0.2, 0.25) is 0 Å². The molecule has 2 aromatic heterocycles. The van der Waals surface area contributed by atoms with Gasteiger partial charge in [-0.25, -0.2) is 9.78 Å². The fraction of sp³-hybridized carbons (Fsp3) is 0.217. The van der Waals surface area contributed by atoms with Crippen LogP contribution in [0.25, 0.3) is 0 Å². The van der Waals surface area contributed by atoms with Crippen LogP contribution < -0.4 is 25.0 Å². The number of rotatable bonds is 6. The number of pyridine rings is 2. The van der Waals surface area contributed by atoms with Gasteiger partial charge in [-0.1, -0.05) is 12.1 Å². The monoisotopic (exact) mass is 487 g/mol. The number of ether oxygens (including phenoxy) is 2. The summed E-state index contributed by atoms with van der Waals surface area (Å²) in [6.45, 7) is 1.48. The standard InChI is InChI=1S/C23H20F3N5O4/c1-14-9-18-21(28-10-14)31(12-20(32)29-18)22(33)30-19(13-34-17-3-2-8-27-11-17)15-4-6-16(7-5-15)35-23(24,25)26/h2-11,19H,12-13H2,1H3,(H,29,32)(H,30,33). The van der Waals surface area contributed by atoms with E-state index < -0.39 is 30.1 Å². The van der Waals surface area contributed by atoms with E-state index in [0.717, 1.165) is 17.7 Å². The van der Waals surface area contributed by atoms with E-state index in [0.29, 0.717) is 17.0 Å². The lowest BCUT2D eigenvalue weighted by Gasteiger charge is -2.30. The normalized spacial score (nSPS) is 13.9. The number of urea groups is 1. The van der Waals surface area contributed by atoms with Crippen LogP contribution in [-0.2, 0) is 4.79 Å². The number of halogens is 3. The zero-order chi connectivity index (χ0) is 25.0. The van der Waals surface area contributed by atoms with Crippen molar-refractivity contribution in [2.24, 2.45) is 0 Å². The highest BCUT2D eigenvalue weighted by Crippen LogP contribution is 2.29. The number of nitrogens with one attached hydrogen (secondary N) is 2. The van der Waals surface area contributed by atoms with Crippen LogP contribution >= 0.6 is 0 Å². The van der Waals surface area contributed by atoms with Gasteiger partial charge in [-0.2, -0.15) is 0 Å². The molecular weight excluding hydrogens is 467 g/mol. The lowest BCUT2D eigenvalue weighted by Crippen LogP contribution is -2.49. The van der Waals surface area contributed by atoms with Crippen molar-refractivity contribution in [1.29, 1.82) is 0 Å². The average molecular weight is 487 g/mol. The zero-order valence-corrected chi connectivity index (χ0v) is 18.4. The zero-order valence-electron chi connectivity index (χ0n) is 18.4. The van der Waals surface area contributed by atoms with Gasteiger partial charge in [-0.15, -0.1) is 13.2 Å². The lowest BCUT2D eigenvalue weighted by atomic mass is 10.1. The van der Waals surface area contributed by atoms with Crippen LogP contribution in [0.1, 0.15) is 17.2 Å². The average Bonchev–Trinajstić information content (AvgIpc) is 2.81. The van der Waals surface area contributed by atoms with Crippen LogP contribution in [0.15, 0.2) is 61.1 Å². The number of carbonyl (C=O) groups excluding carboxylic acids is 2. The molecule has 0 saturated heterocycles. The maximum absolute atomic E-state index is 13.2. The van der Waals surface area contributed by atoms with E-state index in [1.807, 2.05) is 0 Å². The molecule has 0 fully saturated rings. The number of aromatic nitrogens is 2. The maximum atomic E-state index is 13.2. The Bertz CT molecular complexity index is 1210. The van der Waals surface area contributed by atoms with Crippen LogP contribution in [-0.4, -0.2) is 41.4 Å². The number of carbonyl (C=O) groups is 2. The summed E-state index contributed by atoms with van der Waals surface area (Å²) in [5, 5.41) is 5.46. The van der Waals surface area contributed by atoms with Crippen molar-refractivity contribution >= 4 is 23.4 Å². The summed E-state index contributed by atoms with van der Waals surface area (Å²) in [6, 6.07) is 8.66. The second kappa shape index (κ2) is 9.87. The Morgan fingerprint density at radius 1 is 1.20 bits per heavy atom. The number of nitrogens with zero attached hydrogens (tertiary/aromatic N) is 3. The van der Waals surface area contributed by atoms with Crippen LogP contribution in [0.4, 0.5) is 29.5 Å². The fourth-order valence-electron chi connectivity index (χ4n) is 3.41. The third-order valence-electron chi connectivity index (χ3n) is 4.94. The molecule has 1 unspecified atom stereocenters. The molecule has 0 bridgehead atoms. The van der Waals surface area contributed by atoms with Crippen molar-refractivity contribution in [2.75, 3.05) is 23.4 Å². The summed E-state index contributed by atoms with van der Waals surface area (Å²) in [7, 11) is 0. The molecule has 35 heavy (non-hydrogen) atoms. The minimum absolute atomic E-state index is 0.0644. The Morgan fingerprint density at radius 3 is 2.66 bits per heavy atom. The molecule has 3 aromatic rings. The second-order valence-corrected chi connectivity index (χ2v) is 7.64. The molecule has 1 aliphatic heterocycles. The molecule has 0 spiro atoms. The Kier molecular flexibility index (Phi) is 6.71. The molecule has 2 N–H and O–H groups in total. The number of hydrogen-bond donors (Lipinski definition) is 2. The Balaban J connectivity index is 1.56. The van der Waals surface area contributed by atoms with Crippen molar-refractivity contribution in [3.05, 3.63) is 72.2 Å². The summed E-state index contributed by atoms with van der Waals surface area (Å²) in [4.78, 5) is 34.8. The third kappa shape index (κ3) is 6.16. The number of anilines is 2. The van der Waals surface area contributed by atoms with Crippen LogP contribution in [0, 0.1) is 6.92 Å². The first kappa shape index (κ1) is 23.8. The second-order valence-electron chi connectivity index (χ2n) is 7.64. The molecule has 0 aliphatic carbocycles. The number of benzene rings is 1. The number of aryl methyl sites for hydroxylation is 1. The quantitative estimate of drug-likeness (QED) is 0.545. The Hall–Kier alpha value is -4.35. The van der Waals surface area contributed by atoms with Gasteiger partial charge in [0.15, 0.2) is 5.82 Å². The van der Waals surface area contributed by atoms with Gasteiger partial charge in [0.05, 0.1) is 17.9 Å². The smallest absolute Gasteiger partial charge is 0.489 e. The van der Waals surface area contributed by atoms with Crippen molar-refractivity contribution in [3.63, 3.8) is 0 Å². The van der Waals surface area contributed by atoms with Crippen LogP contribution in [0.3, 0.4) is 0 Å². The molecule has 3 heterocycles. The van der Waals surface area contributed by atoms with E-state index in [9.17, 15) is 22.8 Å². The molecule has 1 aliphatic rings. The highest BCUT2D eigenvalue weighted by atomic mass is 19.4. The lowest BCUT2D eigenvalue weighted by molar-refractivity contribution is -0.274. The molecule has 0 radical (unpaired) electrons. The number of amides is 3. The summed E-state index contributed by atoms with van der Waals surface area (Å²) in [5.41, 5.74) is 1.65. The van der Waals surface area contributed by atoms with Crippen LogP contribution in [0.5, 0.6) is 11.5 Å². The SMILES string of the molecule is Cc1cnc2c(c1)NC(=O)CN2C(=O)NC(COc1cccnc1)c1ccc(OC(F)(F)F)cc1. The summed E-state index contributed by atoms with van der Waals surface area (Å²) >= 11 is 0. The third-order valence-corrected chi connectivity index (χ3v) is 4.94. The predicted molar refractivity (Wildman–Crippen MR) is 119 cm³/mol. The largest absolute Gasteiger partial charge is 0.573 e. The van der Waals surface area contributed by atoms with Crippen molar-refractivity contribution in [3.8, 4) is 11.5 Å². The minimum atomic E-state index is -4.83. The first-order chi connectivity index (χ1) is 16.7. The first-order valence-electron chi connectivity index (χ1n) is 10.4. The van der Waals surface area contributed by atoms with Crippen molar-refractivity contribution in [2.45, 2.75) is 19.3 Å². The maximum Gasteiger partial charge on any atom is 0.573 e. The van der Waals surface area contributed by atoms with Crippen molar-refractivity contribution in [1.82, 2.24) is 15.3 Å². The number of alkyl halides is 3. The molecule has 182 valence electrons. The van der Waals surface area contributed by atoms with E-state index >= 15 is 0 Å². The van der Waals surface area contributed by atoms with Gasteiger partial charge in [0.25, 0.3) is 0 Å². The highest BCUT2D eigenvalue weighted by Gasteiger charge is 2.32. The van der Waals surface area contributed by atoms with Gasteiger partial charge in [-0.05, 0) is 48.4 Å². The van der Waals surface area contributed by atoms with E-state index in [-0.39, 0.29) is 19.0 Å². The fourth-order valence-corrected chi connectivity index (χ4v) is 3.41. The molecule has 4 rings (SSSR count). The topological polar surface area (TPSA) is 106 Å². The molecule has 1 aromatic carbocycles. The Labute approximate surface area is 197 Å². The van der Waals surface area contributed by atoms with Gasteiger partial charge in [-0.3, -0.25) is 14.7 Å². The van der Waals surface area contributed by atoms with Crippen molar-refractivity contribution < 1.29 is 32.2 Å². The number of hydrogen-bond acceptors (Lipinski definition) is 6. The Morgan fingerprint density at radius 2 is 1.97 bits per heavy atom. The van der Waals surface area contributed by atoms with E-state index in [4.69, 9.17) is 4.74 Å². The van der Waals surface area contributed by atoms with Gasteiger partial charge >= 0.3 is 12.4 Å². The van der Waals surface area contributed by atoms with Gasteiger partial charge in [0, 0.05) is 12.4 Å². The molecule has 3 amide bonds. The molecule has 1 atom stereocenters. The molecule has 12 heteroatoms. The molecule has 0 saturated carbocycles. The van der Waals surface area contributed by atoms with E-state index in [1.54, 1.807) is 37.5 Å². The summed E-state index contributed by atoms with van der Waals surface area (Å²) in [5.74, 6) is -0.0882. The van der Waals surface area contributed by atoms with Gasteiger partial charge in [0.1, 0.15) is 24.7 Å². The van der Waals surface area contributed by atoms with E-state index in [2.05, 4.69) is 25.3 Å². The first-order valence-corrected chi connectivity index (χ1v) is 10.4. The molecule has 9 nitrogen and oxygen atoms in total. The molecular formula is C23H20F3N5O4. The summed E-state index contributed by atoms with van der Waals surface area (Å²) < 4.78 is 47.2. The summed E-state index contributed by atoms with van der Waals surface area (Å²) in [6.07, 6.45) is -0.208. The van der Waals surface area contributed by atoms with Gasteiger partial charge in [0.2, 0.25) is 5.91 Å². The number of fused-ring (bicyclic) bond motifs is 1.